The topological polar surface area (TPSA) is 324 Å². The summed E-state index contributed by atoms with van der Waals surface area (Å²) in [5, 5.41) is 16.3. The number of hydrogen-bond donors (Lipinski definition) is 7. The molecule has 8 N–H and O–H groups in total. The molecule has 0 spiro atoms. The summed E-state index contributed by atoms with van der Waals surface area (Å²) in [6.07, 6.45) is 1.47. The molecule has 2 unspecified atom stereocenters. The Morgan fingerprint density at radius 2 is 1.22 bits per heavy atom. The van der Waals surface area contributed by atoms with Gasteiger partial charge in [0.15, 0.2) is 6.61 Å². The first-order chi connectivity index (χ1) is 37.7. The number of unbranched alkanes of at least 4 members (excludes halogenated alkanes) is 1. The zero-order valence-electron chi connectivity index (χ0n) is 49.7. The smallest absolute Gasteiger partial charge is 0.362 e. The molecule has 0 heterocycles. The third-order valence-electron chi connectivity index (χ3n) is 11.9. The average molecular weight is 1180 g/mol. The third kappa shape index (κ3) is 28.2. The van der Waals surface area contributed by atoms with E-state index in [0.717, 1.165) is 5.56 Å². The van der Waals surface area contributed by atoms with Crippen molar-refractivity contribution in [2.75, 3.05) is 52.7 Å². The predicted molar refractivity (Wildman–Crippen MR) is 307 cm³/mol. The molecule has 0 saturated carbocycles. The van der Waals surface area contributed by atoms with E-state index in [1.54, 1.807) is 86.6 Å². The van der Waals surface area contributed by atoms with E-state index in [-0.39, 0.29) is 71.1 Å². The fourth-order valence-electron chi connectivity index (χ4n) is 8.06. The number of ether oxygens (including phenoxy) is 3. The number of benzene rings is 2. The summed E-state index contributed by atoms with van der Waals surface area (Å²) in [6, 6.07) is 12.6. The molecule has 0 aliphatic carbocycles. The van der Waals surface area contributed by atoms with E-state index in [2.05, 4.69) is 31.9 Å². The molecule has 2 rings (SSSR count). The highest BCUT2D eigenvalue weighted by atomic mass is 31.2. The van der Waals surface area contributed by atoms with Gasteiger partial charge in [-0.1, -0.05) is 63.2 Å². The molecule has 2 aromatic carbocycles. The molecule has 0 fully saturated rings. The Hall–Kier alpha value is -5.70. The second-order valence-corrected chi connectivity index (χ2v) is 27.6. The number of carbonyl (C=O) groups excluding carboxylic acids is 8. The molecule has 0 radical (unpaired) electrons. The predicted octanol–water partition coefficient (Wildman–Crippen LogP) is 6.43. The number of ketones is 1. The molecule has 456 valence electrons. The first-order valence-corrected chi connectivity index (χ1v) is 31.2. The summed E-state index contributed by atoms with van der Waals surface area (Å²) >= 11 is 0. The van der Waals surface area contributed by atoms with Gasteiger partial charge in [0.05, 0.1) is 32.9 Å². The van der Waals surface area contributed by atoms with Gasteiger partial charge in [0, 0.05) is 44.4 Å². The minimum Gasteiger partial charge on any atom is -0.484 e. The Labute approximate surface area is 478 Å². The maximum Gasteiger partial charge on any atom is 0.362 e. The number of hydrogen-bond acceptors (Lipinski definition) is 17. The van der Waals surface area contributed by atoms with Gasteiger partial charge in [-0.05, 0) is 123 Å². The van der Waals surface area contributed by atoms with E-state index in [4.69, 9.17) is 33.5 Å². The summed E-state index contributed by atoms with van der Waals surface area (Å²) in [5.74, 6) is -4.80. The van der Waals surface area contributed by atoms with Crippen molar-refractivity contribution in [3.05, 3.63) is 65.7 Å². The third-order valence-corrected chi connectivity index (χ3v) is 17.7. The maximum atomic E-state index is 13.7. The van der Waals surface area contributed by atoms with Gasteiger partial charge in [0.2, 0.25) is 30.6 Å². The van der Waals surface area contributed by atoms with Gasteiger partial charge in [0.1, 0.15) is 34.8 Å². The Morgan fingerprint density at radius 3 is 1.78 bits per heavy atom. The summed E-state index contributed by atoms with van der Waals surface area (Å²) in [7, 11) is -8.03. The quantitative estimate of drug-likeness (QED) is 0.0222. The monoisotopic (exact) mass is 1180 g/mol. The molecule has 0 aliphatic rings. The Balaban J connectivity index is 2.07. The molecule has 25 heteroatoms. The van der Waals surface area contributed by atoms with Crippen molar-refractivity contribution in [3.63, 3.8) is 0 Å². The zero-order chi connectivity index (χ0) is 61.2. The van der Waals surface area contributed by atoms with Crippen LogP contribution < -0.4 is 42.4 Å². The van der Waals surface area contributed by atoms with E-state index in [1.165, 1.54) is 6.66 Å². The van der Waals surface area contributed by atoms with Crippen molar-refractivity contribution >= 4 is 62.3 Å². The summed E-state index contributed by atoms with van der Waals surface area (Å²) in [5.41, 5.74) is 3.37. The van der Waals surface area contributed by atoms with Crippen molar-refractivity contribution in [2.45, 2.75) is 169 Å². The van der Waals surface area contributed by atoms with Crippen LogP contribution in [0.5, 0.6) is 5.75 Å². The number of nitrogens with one attached hydrogen (secondary N) is 6. The number of rotatable bonds is 35. The van der Waals surface area contributed by atoms with Crippen molar-refractivity contribution in [3.8, 4) is 5.75 Å². The van der Waals surface area contributed by atoms with E-state index in [9.17, 15) is 47.5 Å². The van der Waals surface area contributed by atoms with Gasteiger partial charge in [-0.3, -0.25) is 37.9 Å². The van der Waals surface area contributed by atoms with E-state index >= 15 is 0 Å². The van der Waals surface area contributed by atoms with Crippen LogP contribution in [0.4, 0.5) is 4.79 Å². The van der Waals surface area contributed by atoms with Crippen LogP contribution in [-0.4, -0.2) is 135 Å². The second-order valence-electron chi connectivity index (χ2n) is 22.5. The second kappa shape index (κ2) is 34.0. The summed E-state index contributed by atoms with van der Waals surface area (Å²) < 4.78 is 60.0. The zero-order valence-corrected chi connectivity index (χ0v) is 51.5. The SMILES string of the molecule is CCOP(C)(=O)C(NC(=O)CNC(=O)[C@@H](CC(=O)CN)Cc1ccc(OCC(=O)N[C@@H](Cc2ccccc2)C(=O)NCCCC[C@H](NC(=O)N[C@@H](CCC(=O)OC(C)(C)C)C(=O)OC(C)(C)C)C(C)(C)C)cc1)P(=O)(OCC)OCC. The number of nitrogens with two attached hydrogens (primary N) is 1. The average Bonchev–Trinajstić information content (AvgIpc) is 3.36. The molecule has 0 bridgehead atoms. The molecular weight excluding hydrogens is 1090 g/mol. The largest absolute Gasteiger partial charge is 0.484 e. The van der Waals surface area contributed by atoms with Gasteiger partial charge in [-0.2, -0.15) is 0 Å². The van der Waals surface area contributed by atoms with Crippen LogP contribution in [0.25, 0.3) is 0 Å². The van der Waals surface area contributed by atoms with Gasteiger partial charge in [-0.15, -0.1) is 0 Å². The lowest BCUT2D eigenvalue weighted by Gasteiger charge is -2.32. The van der Waals surface area contributed by atoms with Crippen LogP contribution in [0, 0.1) is 11.3 Å². The fraction of sp³-hybridized carbons (Fsp3) is 0.643. The van der Waals surface area contributed by atoms with Gasteiger partial charge in [-0.25, -0.2) is 9.59 Å². The van der Waals surface area contributed by atoms with E-state index < -0.39 is 116 Å². The highest BCUT2D eigenvalue weighted by Gasteiger charge is 2.48. The van der Waals surface area contributed by atoms with Crippen LogP contribution in [0.15, 0.2) is 54.6 Å². The summed E-state index contributed by atoms with van der Waals surface area (Å²) in [6.45, 7) is 20.8. The first kappa shape index (κ1) is 71.4. The molecule has 23 nitrogen and oxygen atoms in total. The minimum atomic E-state index is -4.20. The van der Waals surface area contributed by atoms with Crippen LogP contribution in [0.3, 0.4) is 0 Å². The van der Waals surface area contributed by atoms with Crippen LogP contribution in [0.1, 0.15) is 133 Å². The Morgan fingerprint density at radius 1 is 0.630 bits per heavy atom. The highest BCUT2D eigenvalue weighted by Crippen LogP contribution is 2.67. The minimum absolute atomic E-state index is 0.0209. The van der Waals surface area contributed by atoms with Gasteiger partial charge in [0.25, 0.3) is 5.91 Å². The molecule has 81 heavy (non-hydrogen) atoms. The van der Waals surface area contributed by atoms with E-state index in [1.807, 2.05) is 51.1 Å². The van der Waals surface area contributed by atoms with Gasteiger partial charge < -0.3 is 65.4 Å². The highest BCUT2D eigenvalue weighted by molar-refractivity contribution is 7.74. The number of urea groups is 1. The standard InChI is InChI=1S/C56H91N7O16P2/c1-14-75-80(13,72)53(81(73,76-15-2)77-16-3)63-46(65)36-59-49(68)40(34-41(64)35-57)32-39-25-27-42(28-26-39)74-37-47(66)60-44(33-38-22-18-17-19-23-38)50(69)58-31-21-20-24-45(54(4,5)6)62-52(71)61-43(51(70)79-56(10,11)12)29-30-48(67)78-55(7,8)9/h17-19,22-23,25-28,40,43-45,53H,14-16,20-21,24,29-37,57H2,1-13H3,(H,58,69)(H,59,68)(H,60,66)(H,63,65)(H2,61,62,71)/t40-,43+,44+,45+,53?,80?/m1/s1. The lowest BCUT2D eigenvalue weighted by molar-refractivity contribution is -0.158. The maximum absolute atomic E-state index is 13.7. The molecular formula is C56H91N7O16P2. The summed E-state index contributed by atoms with van der Waals surface area (Å²) in [4.78, 5) is 105. The molecule has 6 atom stereocenters. The molecule has 6 amide bonds. The molecule has 0 aromatic heterocycles. The van der Waals surface area contributed by atoms with Crippen molar-refractivity contribution in [1.82, 2.24) is 31.9 Å². The van der Waals surface area contributed by atoms with Crippen molar-refractivity contribution in [2.24, 2.45) is 17.1 Å². The van der Waals surface area contributed by atoms with Crippen LogP contribution in [-0.2, 0) is 78.6 Å². The van der Waals surface area contributed by atoms with Crippen LogP contribution in [0.2, 0.25) is 0 Å². The van der Waals surface area contributed by atoms with Crippen LogP contribution >= 0.6 is 15.0 Å². The Kier molecular flexibility index (Phi) is 30.0. The number of carbonyl (C=O) groups is 8. The molecule has 2 aromatic rings. The molecule has 0 saturated heterocycles. The number of amides is 6. The lowest BCUT2D eigenvalue weighted by Crippen LogP contribution is -2.53. The van der Waals surface area contributed by atoms with Gasteiger partial charge >= 0.3 is 25.6 Å². The van der Waals surface area contributed by atoms with Crippen molar-refractivity contribution < 1.29 is 75.3 Å². The van der Waals surface area contributed by atoms with Crippen molar-refractivity contribution in [1.29, 1.82) is 0 Å². The molecule has 0 aliphatic heterocycles. The lowest BCUT2D eigenvalue weighted by atomic mass is 9.84. The number of Topliss-reactive ketones (excluding diaryl/α,β-unsaturated/α-hetero) is 1. The number of esters is 2. The van der Waals surface area contributed by atoms with E-state index in [0.29, 0.717) is 30.6 Å². The first-order valence-electron chi connectivity index (χ1n) is 27.5. The fourth-order valence-corrected chi connectivity index (χ4v) is 13.1. The normalized spacial score (nSPS) is 14.5. The Bertz CT molecular complexity index is 2450.